The Balaban J connectivity index is 1.21. The Hall–Kier alpha value is -3.02. The summed E-state index contributed by atoms with van der Waals surface area (Å²) >= 11 is 0. The van der Waals surface area contributed by atoms with Crippen LogP contribution in [0.25, 0.3) is 0 Å². The quantitative estimate of drug-likeness (QED) is 0.617. The molecule has 2 aliphatic rings. The number of ether oxygens (including phenoxy) is 1. The number of rotatable bonds is 5. The van der Waals surface area contributed by atoms with E-state index >= 15 is 0 Å². The van der Waals surface area contributed by atoms with Crippen molar-refractivity contribution in [2.45, 2.75) is 25.4 Å². The third kappa shape index (κ3) is 4.74. The summed E-state index contributed by atoms with van der Waals surface area (Å²) < 4.78 is 6.01. The molecule has 0 bridgehead atoms. The molecule has 0 saturated carbocycles. The molecule has 1 atom stereocenters. The van der Waals surface area contributed by atoms with Crippen molar-refractivity contribution >= 4 is 11.6 Å². The SMILES string of the molecule is O=C(CN1CCO[C@@H](c2ccc(Cc3ccccc3)cn2)C1)N1CCCc2ccccc21. The second-order valence-electron chi connectivity index (χ2n) is 8.63. The Morgan fingerprint density at radius 1 is 0.969 bits per heavy atom. The van der Waals surface area contributed by atoms with Gasteiger partial charge in [0.2, 0.25) is 5.91 Å². The van der Waals surface area contributed by atoms with Gasteiger partial charge in [-0.25, -0.2) is 0 Å². The first-order valence-electron chi connectivity index (χ1n) is 11.5. The molecule has 5 nitrogen and oxygen atoms in total. The highest BCUT2D eigenvalue weighted by Gasteiger charge is 2.28. The predicted molar refractivity (Wildman–Crippen MR) is 126 cm³/mol. The van der Waals surface area contributed by atoms with Gasteiger partial charge in [-0.05, 0) is 48.1 Å². The first kappa shape index (κ1) is 20.9. The van der Waals surface area contributed by atoms with Gasteiger partial charge in [-0.3, -0.25) is 14.7 Å². The number of aryl methyl sites for hydroxylation is 1. The van der Waals surface area contributed by atoms with E-state index < -0.39 is 0 Å². The number of carbonyl (C=O) groups excluding carboxylic acids is 1. The van der Waals surface area contributed by atoms with E-state index in [1.807, 2.05) is 23.2 Å². The van der Waals surface area contributed by atoms with Gasteiger partial charge < -0.3 is 9.64 Å². The van der Waals surface area contributed by atoms with Gasteiger partial charge in [-0.1, -0.05) is 54.6 Å². The highest BCUT2D eigenvalue weighted by atomic mass is 16.5. The zero-order chi connectivity index (χ0) is 21.8. The molecular formula is C27H29N3O2. The number of amides is 1. The summed E-state index contributed by atoms with van der Waals surface area (Å²) in [7, 11) is 0. The molecule has 1 amide bonds. The lowest BCUT2D eigenvalue weighted by Gasteiger charge is -2.35. The van der Waals surface area contributed by atoms with Crippen molar-refractivity contribution in [2.24, 2.45) is 0 Å². The Morgan fingerprint density at radius 3 is 2.66 bits per heavy atom. The number of anilines is 1. The van der Waals surface area contributed by atoms with Crippen LogP contribution in [0.2, 0.25) is 0 Å². The van der Waals surface area contributed by atoms with Crippen molar-refractivity contribution in [3.8, 4) is 0 Å². The second-order valence-corrected chi connectivity index (χ2v) is 8.63. The molecule has 164 valence electrons. The molecule has 32 heavy (non-hydrogen) atoms. The number of pyridine rings is 1. The summed E-state index contributed by atoms with van der Waals surface area (Å²) in [5, 5.41) is 0. The third-order valence-corrected chi connectivity index (χ3v) is 6.35. The van der Waals surface area contributed by atoms with Crippen LogP contribution < -0.4 is 4.90 Å². The molecule has 2 aromatic carbocycles. The van der Waals surface area contributed by atoms with E-state index in [1.165, 1.54) is 16.7 Å². The molecule has 5 heteroatoms. The Morgan fingerprint density at radius 2 is 1.81 bits per heavy atom. The van der Waals surface area contributed by atoms with Gasteiger partial charge in [0, 0.05) is 31.5 Å². The van der Waals surface area contributed by atoms with E-state index in [4.69, 9.17) is 4.74 Å². The van der Waals surface area contributed by atoms with E-state index in [0.717, 1.165) is 43.7 Å². The molecule has 3 aromatic rings. The summed E-state index contributed by atoms with van der Waals surface area (Å²) in [5.74, 6) is 0.170. The maximum atomic E-state index is 13.1. The minimum Gasteiger partial charge on any atom is -0.369 e. The lowest BCUT2D eigenvalue weighted by molar-refractivity contribution is -0.122. The third-order valence-electron chi connectivity index (χ3n) is 6.35. The van der Waals surface area contributed by atoms with Crippen LogP contribution >= 0.6 is 0 Å². The molecule has 0 N–H and O–H groups in total. The van der Waals surface area contributed by atoms with Crippen molar-refractivity contribution in [3.05, 3.63) is 95.3 Å². The van der Waals surface area contributed by atoms with Gasteiger partial charge in [0.1, 0.15) is 6.10 Å². The smallest absolute Gasteiger partial charge is 0.241 e. The normalized spacial score (nSPS) is 18.9. The summed E-state index contributed by atoms with van der Waals surface area (Å²) in [6.45, 7) is 3.28. The maximum Gasteiger partial charge on any atom is 0.241 e. The summed E-state index contributed by atoms with van der Waals surface area (Å²) in [4.78, 5) is 22.0. The second kappa shape index (κ2) is 9.63. The van der Waals surface area contributed by atoms with E-state index in [1.54, 1.807) is 0 Å². The summed E-state index contributed by atoms with van der Waals surface area (Å²) in [6.07, 6.45) is 4.79. The fourth-order valence-corrected chi connectivity index (χ4v) is 4.66. The van der Waals surface area contributed by atoms with Gasteiger partial charge in [0.05, 0.1) is 18.8 Å². The minimum atomic E-state index is -0.101. The monoisotopic (exact) mass is 427 g/mol. The first-order chi connectivity index (χ1) is 15.8. The number of morpholine rings is 1. The van der Waals surface area contributed by atoms with Crippen molar-refractivity contribution in [1.82, 2.24) is 9.88 Å². The molecule has 1 saturated heterocycles. The van der Waals surface area contributed by atoms with Crippen LogP contribution in [0.3, 0.4) is 0 Å². The maximum absolute atomic E-state index is 13.1. The van der Waals surface area contributed by atoms with Crippen molar-refractivity contribution in [2.75, 3.05) is 37.7 Å². The number of nitrogens with zero attached hydrogens (tertiary/aromatic N) is 3. The van der Waals surface area contributed by atoms with Crippen LogP contribution in [0.15, 0.2) is 72.9 Å². The molecule has 1 fully saturated rings. The Bertz CT molecular complexity index is 1050. The average molecular weight is 428 g/mol. The van der Waals surface area contributed by atoms with Gasteiger partial charge in [-0.2, -0.15) is 0 Å². The van der Waals surface area contributed by atoms with Crippen LogP contribution in [-0.4, -0.2) is 48.6 Å². The van der Waals surface area contributed by atoms with Gasteiger partial charge >= 0.3 is 0 Å². The summed E-state index contributed by atoms with van der Waals surface area (Å²) in [5.41, 5.74) is 5.74. The first-order valence-corrected chi connectivity index (χ1v) is 11.5. The molecule has 5 rings (SSSR count). The van der Waals surface area contributed by atoms with Crippen LogP contribution in [0, 0.1) is 0 Å². The van der Waals surface area contributed by atoms with E-state index in [0.29, 0.717) is 19.7 Å². The Kier molecular flexibility index (Phi) is 6.28. The topological polar surface area (TPSA) is 45.7 Å². The average Bonchev–Trinajstić information content (AvgIpc) is 2.85. The van der Waals surface area contributed by atoms with Crippen LogP contribution in [0.1, 0.15) is 34.9 Å². The molecule has 3 heterocycles. The molecular weight excluding hydrogens is 398 g/mol. The zero-order valence-corrected chi connectivity index (χ0v) is 18.3. The molecule has 1 aromatic heterocycles. The van der Waals surface area contributed by atoms with Crippen LogP contribution in [0.4, 0.5) is 5.69 Å². The fourth-order valence-electron chi connectivity index (χ4n) is 4.66. The number of aromatic nitrogens is 1. The van der Waals surface area contributed by atoms with Crippen molar-refractivity contribution in [3.63, 3.8) is 0 Å². The fraction of sp³-hybridized carbons (Fsp3) is 0.333. The van der Waals surface area contributed by atoms with E-state index in [9.17, 15) is 4.79 Å². The molecule has 0 unspecified atom stereocenters. The number of para-hydroxylation sites is 1. The van der Waals surface area contributed by atoms with Gasteiger partial charge in [-0.15, -0.1) is 0 Å². The Labute approximate surface area is 189 Å². The molecule has 2 aliphatic heterocycles. The van der Waals surface area contributed by atoms with Crippen LogP contribution in [0.5, 0.6) is 0 Å². The number of hydrogen-bond acceptors (Lipinski definition) is 4. The van der Waals surface area contributed by atoms with Crippen LogP contribution in [-0.2, 0) is 22.4 Å². The molecule has 0 spiro atoms. The molecule has 0 radical (unpaired) electrons. The number of hydrogen-bond donors (Lipinski definition) is 0. The van der Waals surface area contributed by atoms with Crippen molar-refractivity contribution < 1.29 is 9.53 Å². The van der Waals surface area contributed by atoms with Crippen molar-refractivity contribution in [1.29, 1.82) is 0 Å². The predicted octanol–water partition coefficient (Wildman–Crippen LogP) is 4.03. The van der Waals surface area contributed by atoms with Gasteiger partial charge in [0.15, 0.2) is 0 Å². The highest BCUT2D eigenvalue weighted by Crippen LogP contribution is 2.27. The zero-order valence-electron chi connectivity index (χ0n) is 18.3. The molecule has 0 aliphatic carbocycles. The highest BCUT2D eigenvalue weighted by molar-refractivity contribution is 5.95. The van der Waals surface area contributed by atoms with Gasteiger partial charge in [0.25, 0.3) is 0 Å². The minimum absolute atomic E-state index is 0.101. The number of fused-ring (bicyclic) bond motifs is 1. The van der Waals surface area contributed by atoms with E-state index in [2.05, 4.69) is 64.5 Å². The largest absolute Gasteiger partial charge is 0.369 e. The lowest BCUT2D eigenvalue weighted by atomic mass is 10.0. The number of carbonyl (C=O) groups is 1. The standard InChI is InChI=1S/C27H29N3O2/c31-27(30-14-6-10-23-9-4-5-11-25(23)30)20-29-15-16-32-26(19-29)24-13-12-22(18-28-24)17-21-7-2-1-3-8-21/h1-5,7-9,11-13,18,26H,6,10,14-17,19-20H2/t26-/m1/s1. The van der Waals surface area contributed by atoms with E-state index in [-0.39, 0.29) is 12.0 Å². The lowest BCUT2D eigenvalue weighted by Crippen LogP contribution is -2.47. The summed E-state index contributed by atoms with van der Waals surface area (Å²) in [6, 6.07) is 22.9. The number of benzene rings is 2.